The summed E-state index contributed by atoms with van der Waals surface area (Å²) in [4.78, 5) is 20.5. The Labute approximate surface area is 173 Å². The molecule has 2 aromatic heterocycles. The third-order valence-corrected chi connectivity index (χ3v) is 8.86. The zero-order valence-electron chi connectivity index (χ0n) is 15.5. The van der Waals surface area contributed by atoms with Crippen molar-refractivity contribution < 1.29 is 13.2 Å². The van der Waals surface area contributed by atoms with Gasteiger partial charge in [-0.3, -0.25) is 9.89 Å². The summed E-state index contributed by atoms with van der Waals surface area (Å²) in [5.74, 6) is 1.22. The monoisotopic (exact) mass is 440 g/mol. The fraction of sp³-hybridized carbons (Fsp3) is 0.611. The number of nitrogens with zero attached hydrogens (tertiary/aromatic N) is 3. The molecule has 1 saturated carbocycles. The van der Waals surface area contributed by atoms with Crippen LogP contribution in [-0.4, -0.2) is 63.7 Å². The normalized spacial score (nSPS) is 22.4. The van der Waals surface area contributed by atoms with Crippen LogP contribution >= 0.6 is 23.1 Å². The highest BCUT2D eigenvalue weighted by Gasteiger charge is 2.38. The Morgan fingerprint density at radius 1 is 1.25 bits per heavy atom. The zero-order valence-corrected chi connectivity index (χ0v) is 18.0. The standard InChI is InChI=1S/C18H24N4O3S3/c23-16(11-27-18-19-17(20-21-18)15-7-4-9-26-15)22(13-5-2-1-3-6-13)14-8-10-28(24,25)12-14/h4,7,9,13-14H,1-3,5-6,8,10-12H2,(H,19,20,21)/t14-/m1/s1. The van der Waals surface area contributed by atoms with Crippen molar-refractivity contribution in [3.63, 3.8) is 0 Å². The fourth-order valence-electron chi connectivity index (χ4n) is 4.09. The molecule has 1 N–H and O–H groups in total. The van der Waals surface area contributed by atoms with Gasteiger partial charge in [-0.25, -0.2) is 13.4 Å². The average molecular weight is 441 g/mol. The average Bonchev–Trinajstić information content (AvgIpc) is 3.42. The number of sulfone groups is 1. The predicted octanol–water partition coefficient (Wildman–Crippen LogP) is 2.97. The molecule has 0 unspecified atom stereocenters. The van der Waals surface area contributed by atoms with Gasteiger partial charge >= 0.3 is 0 Å². The van der Waals surface area contributed by atoms with Crippen LogP contribution in [-0.2, 0) is 14.6 Å². The maximum atomic E-state index is 13.1. The van der Waals surface area contributed by atoms with Gasteiger partial charge in [0, 0.05) is 12.1 Å². The van der Waals surface area contributed by atoms with E-state index < -0.39 is 9.84 Å². The smallest absolute Gasteiger partial charge is 0.233 e. The molecular formula is C18H24N4O3S3. The largest absolute Gasteiger partial charge is 0.335 e. The van der Waals surface area contributed by atoms with E-state index in [-0.39, 0.29) is 35.2 Å². The van der Waals surface area contributed by atoms with Crippen molar-refractivity contribution in [1.29, 1.82) is 0 Å². The molecule has 4 rings (SSSR count). The lowest BCUT2D eigenvalue weighted by atomic mass is 9.93. The van der Waals surface area contributed by atoms with Crippen LogP contribution in [0.4, 0.5) is 0 Å². The van der Waals surface area contributed by atoms with E-state index in [9.17, 15) is 13.2 Å². The van der Waals surface area contributed by atoms with Gasteiger partial charge in [-0.05, 0) is 30.7 Å². The molecule has 1 saturated heterocycles. The Morgan fingerprint density at radius 2 is 2.07 bits per heavy atom. The first-order chi connectivity index (χ1) is 13.5. The first kappa shape index (κ1) is 19.9. The number of aromatic amines is 1. The minimum Gasteiger partial charge on any atom is -0.335 e. The van der Waals surface area contributed by atoms with Gasteiger partial charge in [0.15, 0.2) is 15.7 Å². The third kappa shape index (κ3) is 4.60. The fourth-order valence-corrected chi connectivity index (χ4v) is 7.14. The van der Waals surface area contributed by atoms with Crippen molar-refractivity contribution in [2.75, 3.05) is 17.3 Å². The minimum absolute atomic E-state index is 0.00136. The molecule has 0 bridgehead atoms. The Morgan fingerprint density at radius 3 is 2.75 bits per heavy atom. The molecule has 10 heteroatoms. The second kappa shape index (κ2) is 8.54. The molecule has 152 valence electrons. The molecule has 0 aromatic carbocycles. The molecule has 3 heterocycles. The number of rotatable bonds is 6. The first-order valence-electron chi connectivity index (χ1n) is 9.62. The van der Waals surface area contributed by atoms with Crippen LogP contribution < -0.4 is 0 Å². The van der Waals surface area contributed by atoms with Gasteiger partial charge in [-0.15, -0.1) is 16.4 Å². The lowest BCUT2D eigenvalue weighted by Gasteiger charge is -2.38. The highest BCUT2D eigenvalue weighted by atomic mass is 32.2. The van der Waals surface area contributed by atoms with Gasteiger partial charge in [0.05, 0.1) is 22.1 Å². The molecule has 1 aliphatic carbocycles. The summed E-state index contributed by atoms with van der Waals surface area (Å²) in [6.07, 6.45) is 5.89. The van der Waals surface area contributed by atoms with E-state index >= 15 is 0 Å². The molecule has 2 fully saturated rings. The number of thioether (sulfide) groups is 1. The van der Waals surface area contributed by atoms with Crippen LogP contribution in [0.2, 0.25) is 0 Å². The zero-order chi connectivity index (χ0) is 19.6. The summed E-state index contributed by atoms with van der Waals surface area (Å²) in [6.45, 7) is 0. The number of aromatic nitrogens is 3. The number of carbonyl (C=O) groups excluding carboxylic acids is 1. The van der Waals surface area contributed by atoms with E-state index in [4.69, 9.17) is 0 Å². The molecule has 1 amide bonds. The lowest BCUT2D eigenvalue weighted by molar-refractivity contribution is -0.133. The van der Waals surface area contributed by atoms with Crippen molar-refractivity contribution in [2.45, 2.75) is 55.8 Å². The van der Waals surface area contributed by atoms with E-state index in [0.29, 0.717) is 17.4 Å². The topological polar surface area (TPSA) is 96.0 Å². The van der Waals surface area contributed by atoms with Crippen molar-refractivity contribution in [3.05, 3.63) is 17.5 Å². The van der Waals surface area contributed by atoms with Crippen molar-refractivity contribution in [3.8, 4) is 10.7 Å². The summed E-state index contributed by atoms with van der Waals surface area (Å²) in [5.41, 5.74) is 0. The molecule has 2 aromatic rings. The van der Waals surface area contributed by atoms with Crippen LogP contribution in [0.15, 0.2) is 22.7 Å². The Kier molecular flexibility index (Phi) is 6.07. The van der Waals surface area contributed by atoms with Crippen molar-refractivity contribution in [1.82, 2.24) is 20.1 Å². The quantitative estimate of drug-likeness (QED) is 0.694. The van der Waals surface area contributed by atoms with Gasteiger partial charge in [-0.1, -0.05) is 37.1 Å². The Hall–Kier alpha value is -1.39. The summed E-state index contributed by atoms with van der Waals surface area (Å²) in [6, 6.07) is 3.90. The van der Waals surface area contributed by atoms with Crippen LogP contribution in [0.5, 0.6) is 0 Å². The van der Waals surface area contributed by atoms with Crippen LogP contribution in [0.3, 0.4) is 0 Å². The molecule has 0 radical (unpaired) electrons. The van der Waals surface area contributed by atoms with Crippen molar-refractivity contribution >= 4 is 38.8 Å². The predicted molar refractivity (Wildman–Crippen MR) is 111 cm³/mol. The van der Waals surface area contributed by atoms with Crippen molar-refractivity contribution in [2.24, 2.45) is 0 Å². The second-order valence-corrected chi connectivity index (χ2v) is 11.5. The number of carbonyl (C=O) groups is 1. The van der Waals surface area contributed by atoms with E-state index in [2.05, 4.69) is 15.2 Å². The van der Waals surface area contributed by atoms with Gasteiger partial charge in [0.25, 0.3) is 0 Å². The number of amides is 1. The molecule has 28 heavy (non-hydrogen) atoms. The Balaban J connectivity index is 1.43. The number of hydrogen-bond acceptors (Lipinski definition) is 7. The van der Waals surface area contributed by atoms with Gasteiger partial charge in [0.1, 0.15) is 0 Å². The highest BCUT2D eigenvalue weighted by molar-refractivity contribution is 7.99. The number of hydrogen-bond donors (Lipinski definition) is 1. The second-order valence-electron chi connectivity index (χ2n) is 7.38. The minimum atomic E-state index is -3.03. The Bertz CT molecular complexity index is 904. The van der Waals surface area contributed by atoms with E-state index in [1.54, 1.807) is 11.3 Å². The highest BCUT2D eigenvalue weighted by Crippen LogP contribution is 2.30. The summed E-state index contributed by atoms with van der Waals surface area (Å²) < 4.78 is 24.0. The van der Waals surface area contributed by atoms with Crippen LogP contribution in [0.1, 0.15) is 38.5 Å². The maximum Gasteiger partial charge on any atom is 0.233 e. The summed E-state index contributed by atoms with van der Waals surface area (Å²) in [5, 5.41) is 9.64. The van der Waals surface area contributed by atoms with Crippen LogP contribution in [0.25, 0.3) is 10.7 Å². The van der Waals surface area contributed by atoms with E-state index in [0.717, 1.165) is 30.6 Å². The summed E-state index contributed by atoms with van der Waals surface area (Å²) in [7, 11) is -3.03. The van der Waals surface area contributed by atoms with Gasteiger partial charge in [-0.2, -0.15) is 0 Å². The molecule has 1 aliphatic heterocycles. The van der Waals surface area contributed by atoms with Gasteiger partial charge in [0.2, 0.25) is 11.1 Å². The number of H-pyrrole nitrogens is 1. The summed E-state index contributed by atoms with van der Waals surface area (Å²) >= 11 is 2.89. The van der Waals surface area contributed by atoms with E-state index in [1.165, 1.54) is 18.2 Å². The molecule has 0 spiro atoms. The third-order valence-electron chi connectivity index (χ3n) is 5.40. The number of nitrogens with one attached hydrogen (secondary N) is 1. The van der Waals surface area contributed by atoms with Gasteiger partial charge < -0.3 is 4.90 Å². The van der Waals surface area contributed by atoms with Crippen LogP contribution in [0, 0.1) is 0 Å². The molecule has 2 aliphatic rings. The number of thiophene rings is 1. The maximum absolute atomic E-state index is 13.1. The SMILES string of the molecule is O=C(CSc1n[nH]c(-c2cccs2)n1)N(C1CCCCC1)[C@@H]1CCS(=O)(=O)C1. The molecule has 7 nitrogen and oxygen atoms in total. The molecular weight excluding hydrogens is 416 g/mol. The first-order valence-corrected chi connectivity index (χ1v) is 13.3. The molecule has 1 atom stereocenters. The lowest BCUT2D eigenvalue weighted by Crippen LogP contribution is -2.49. The van der Waals surface area contributed by atoms with E-state index in [1.807, 2.05) is 22.4 Å².